The Balaban J connectivity index is 1.78. The van der Waals surface area contributed by atoms with Gasteiger partial charge in [0.15, 0.2) is 0 Å². The number of methoxy groups -OCH3 is 1. The number of carbonyl (C=O) groups is 2. The van der Waals surface area contributed by atoms with Gasteiger partial charge in [-0.05, 0) is 37.1 Å². The van der Waals surface area contributed by atoms with Crippen LogP contribution >= 0.6 is 11.6 Å². The lowest BCUT2D eigenvalue weighted by Gasteiger charge is -2.22. The van der Waals surface area contributed by atoms with Gasteiger partial charge in [0.2, 0.25) is 0 Å². The highest BCUT2D eigenvalue weighted by Crippen LogP contribution is 2.25. The molecule has 142 valence electrons. The third-order valence-corrected chi connectivity index (χ3v) is 4.92. The number of benzene rings is 1. The molecule has 0 unspecified atom stereocenters. The molecule has 0 atom stereocenters. The molecular weight excluding hydrogens is 366 g/mol. The number of carbonyl (C=O) groups excluding carboxylic acids is 2. The number of hydrogen-bond acceptors (Lipinski definition) is 5. The first-order valence-electron chi connectivity index (χ1n) is 8.97. The van der Waals surface area contributed by atoms with Gasteiger partial charge in [0, 0.05) is 19.3 Å². The number of amides is 1. The zero-order chi connectivity index (χ0) is 19.2. The first kappa shape index (κ1) is 19.2. The van der Waals surface area contributed by atoms with Crippen molar-refractivity contribution in [3.63, 3.8) is 0 Å². The van der Waals surface area contributed by atoms with Gasteiger partial charge in [-0.2, -0.15) is 0 Å². The molecule has 1 aromatic carbocycles. The molecule has 6 nitrogen and oxygen atoms in total. The molecule has 1 amide bonds. The van der Waals surface area contributed by atoms with Gasteiger partial charge in [0.1, 0.15) is 0 Å². The van der Waals surface area contributed by atoms with Crippen molar-refractivity contribution in [1.29, 1.82) is 0 Å². The molecule has 7 heteroatoms. The monoisotopic (exact) mass is 387 g/mol. The average molecular weight is 388 g/mol. The Labute approximate surface area is 163 Å². The summed E-state index contributed by atoms with van der Waals surface area (Å²) in [6.45, 7) is 1.94. The molecule has 1 saturated heterocycles. The van der Waals surface area contributed by atoms with Crippen LogP contribution in [0.2, 0.25) is 5.02 Å². The van der Waals surface area contributed by atoms with Crippen molar-refractivity contribution in [2.45, 2.75) is 25.7 Å². The van der Waals surface area contributed by atoms with Crippen LogP contribution in [-0.4, -0.2) is 37.1 Å². The summed E-state index contributed by atoms with van der Waals surface area (Å²) in [5.41, 5.74) is 2.05. The van der Waals surface area contributed by atoms with E-state index in [1.807, 2.05) is 6.07 Å². The van der Waals surface area contributed by atoms with Crippen LogP contribution in [-0.2, 0) is 4.74 Å². The Morgan fingerprint density at radius 2 is 1.81 bits per heavy atom. The maximum absolute atomic E-state index is 12.7. The summed E-state index contributed by atoms with van der Waals surface area (Å²) in [7, 11) is 1.30. The molecule has 0 spiro atoms. The smallest absolute Gasteiger partial charge is 0.337 e. The van der Waals surface area contributed by atoms with Crippen LogP contribution in [0.4, 0.5) is 11.4 Å². The second-order valence-corrected chi connectivity index (χ2v) is 6.88. The van der Waals surface area contributed by atoms with E-state index in [1.165, 1.54) is 32.2 Å². The van der Waals surface area contributed by atoms with Crippen molar-refractivity contribution in [3.05, 3.63) is 52.8 Å². The minimum atomic E-state index is -0.494. The van der Waals surface area contributed by atoms with E-state index in [9.17, 15) is 9.59 Å². The lowest BCUT2D eigenvalue weighted by atomic mass is 10.2. The van der Waals surface area contributed by atoms with Gasteiger partial charge in [-0.25, -0.2) is 4.79 Å². The van der Waals surface area contributed by atoms with Gasteiger partial charge in [-0.1, -0.05) is 24.4 Å². The van der Waals surface area contributed by atoms with Gasteiger partial charge >= 0.3 is 5.97 Å². The van der Waals surface area contributed by atoms with Crippen molar-refractivity contribution in [1.82, 2.24) is 4.98 Å². The van der Waals surface area contributed by atoms with E-state index in [0.29, 0.717) is 21.8 Å². The van der Waals surface area contributed by atoms with Gasteiger partial charge < -0.3 is 15.0 Å². The highest BCUT2D eigenvalue weighted by atomic mass is 35.5. The molecule has 3 rings (SSSR count). The van der Waals surface area contributed by atoms with Gasteiger partial charge in [0.05, 0.1) is 40.8 Å². The summed E-state index contributed by atoms with van der Waals surface area (Å²) < 4.78 is 4.70. The molecule has 2 heterocycles. The topological polar surface area (TPSA) is 71.5 Å². The van der Waals surface area contributed by atoms with Crippen LogP contribution in [0.1, 0.15) is 46.4 Å². The van der Waals surface area contributed by atoms with Crippen LogP contribution < -0.4 is 10.2 Å². The number of nitrogens with zero attached hydrogens (tertiary/aromatic N) is 2. The number of ether oxygens (including phenoxy) is 1. The maximum Gasteiger partial charge on any atom is 0.337 e. The molecule has 0 radical (unpaired) electrons. The molecule has 0 saturated carbocycles. The molecule has 1 N–H and O–H groups in total. The summed E-state index contributed by atoms with van der Waals surface area (Å²) >= 11 is 6.16. The highest BCUT2D eigenvalue weighted by Gasteiger charge is 2.15. The van der Waals surface area contributed by atoms with E-state index in [1.54, 1.807) is 18.3 Å². The number of anilines is 2. The third kappa shape index (κ3) is 4.77. The van der Waals surface area contributed by atoms with Crippen LogP contribution in [0.15, 0.2) is 36.7 Å². The second kappa shape index (κ2) is 8.86. The van der Waals surface area contributed by atoms with Crippen molar-refractivity contribution < 1.29 is 14.3 Å². The maximum atomic E-state index is 12.7. The number of halogens is 1. The Morgan fingerprint density at radius 1 is 1.07 bits per heavy atom. The van der Waals surface area contributed by atoms with Crippen molar-refractivity contribution in [2.75, 3.05) is 30.4 Å². The standard InChI is InChI=1S/C20H22ClN3O3/c1-27-20(26)14-6-7-17(21)18(11-14)23-19(25)15-10-16(13-22-12-15)24-8-4-2-3-5-9-24/h6-7,10-13H,2-5,8-9H2,1H3,(H,23,25). The van der Waals surface area contributed by atoms with E-state index in [-0.39, 0.29) is 5.91 Å². The summed E-state index contributed by atoms with van der Waals surface area (Å²) in [5, 5.41) is 3.09. The number of rotatable bonds is 4. The predicted octanol–water partition coefficient (Wildman–Crippen LogP) is 4.15. The number of hydrogen-bond donors (Lipinski definition) is 1. The molecular formula is C20H22ClN3O3. The van der Waals surface area contributed by atoms with Crippen molar-refractivity contribution in [2.24, 2.45) is 0 Å². The molecule has 2 aromatic rings. The highest BCUT2D eigenvalue weighted by molar-refractivity contribution is 6.34. The lowest BCUT2D eigenvalue weighted by molar-refractivity contribution is 0.0600. The van der Waals surface area contributed by atoms with Gasteiger partial charge in [-0.15, -0.1) is 0 Å². The summed E-state index contributed by atoms with van der Waals surface area (Å²) in [6, 6.07) is 6.44. The quantitative estimate of drug-likeness (QED) is 0.798. The first-order valence-corrected chi connectivity index (χ1v) is 9.35. The van der Waals surface area contributed by atoms with E-state index in [0.717, 1.165) is 31.6 Å². The fraction of sp³-hybridized carbons (Fsp3) is 0.350. The minimum absolute atomic E-state index is 0.314. The largest absolute Gasteiger partial charge is 0.465 e. The fourth-order valence-corrected chi connectivity index (χ4v) is 3.28. The SMILES string of the molecule is COC(=O)c1ccc(Cl)c(NC(=O)c2cncc(N3CCCCCC3)c2)c1. The number of aromatic nitrogens is 1. The molecule has 27 heavy (non-hydrogen) atoms. The summed E-state index contributed by atoms with van der Waals surface area (Å²) in [4.78, 5) is 30.9. The van der Waals surface area contributed by atoms with Crippen molar-refractivity contribution in [3.8, 4) is 0 Å². The fourth-order valence-electron chi connectivity index (χ4n) is 3.11. The summed E-state index contributed by atoms with van der Waals surface area (Å²) in [5.74, 6) is -0.824. The van der Waals surface area contributed by atoms with Crippen LogP contribution in [0.25, 0.3) is 0 Å². The number of nitrogens with one attached hydrogen (secondary N) is 1. The van der Waals surface area contributed by atoms with E-state index >= 15 is 0 Å². The van der Waals surface area contributed by atoms with E-state index in [2.05, 4.69) is 15.2 Å². The zero-order valence-electron chi connectivity index (χ0n) is 15.2. The minimum Gasteiger partial charge on any atom is -0.465 e. The van der Waals surface area contributed by atoms with Gasteiger partial charge in [-0.3, -0.25) is 9.78 Å². The van der Waals surface area contributed by atoms with E-state index in [4.69, 9.17) is 16.3 Å². The first-order chi connectivity index (χ1) is 13.1. The van der Waals surface area contributed by atoms with E-state index < -0.39 is 5.97 Å². The normalized spacial score (nSPS) is 14.4. The molecule has 0 bridgehead atoms. The Bertz CT molecular complexity index is 833. The van der Waals surface area contributed by atoms with Crippen molar-refractivity contribution >= 4 is 34.9 Å². The lowest BCUT2D eigenvalue weighted by Crippen LogP contribution is -2.24. The average Bonchev–Trinajstić information content (AvgIpc) is 2.98. The Morgan fingerprint density at radius 3 is 2.52 bits per heavy atom. The number of pyridine rings is 1. The van der Waals surface area contributed by atoms with Crippen LogP contribution in [0.3, 0.4) is 0 Å². The van der Waals surface area contributed by atoms with Crippen LogP contribution in [0, 0.1) is 0 Å². The zero-order valence-corrected chi connectivity index (χ0v) is 16.0. The predicted molar refractivity (Wildman–Crippen MR) is 106 cm³/mol. The summed E-state index contributed by atoms with van der Waals surface area (Å²) in [6.07, 6.45) is 8.07. The molecule has 1 aliphatic heterocycles. The second-order valence-electron chi connectivity index (χ2n) is 6.47. The third-order valence-electron chi connectivity index (χ3n) is 4.59. The Hall–Kier alpha value is -2.60. The van der Waals surface area contributed by atoms with Crippen LogP contribution in [0.5, 0.6) is 0 Å². The molecule has 0 aliphatic carbocycles. The van der Waals surface area contributed by atoms with Gasteiger partial charge in [0.25, 0.3) is 5.91 Å². The molecule has 1 fully saturated rings. The molecule has 1 aliphatic rings. The Kier molecular flexibility index (Phi) is 6.29. The number of esters is 1. The molecule has 1 aromatic heterocycles.